The van der Waals surface area contributed by atoms with E-state index >= 15 is 0 Å². The molecule has 0 unspecified atom stereocenters. The smallest absolute Gasteiger partial charge is 0.258 e. The molecule has 8 heteroatoms. The van der Waals surface area contributed by atoms with Crippen LogP contribution in [0.5, 0.6) is 0 Å². The highest BCUT2D eigenvalue weighted by Gasteiger charge is 2.11. The van der Waals surface area contributed by atoms with Crippen LogP contribution in [-0.4, -0.2) is 16.1 Å². The number of aryl methyl sites for hydroxylation is 2. The Morgan fingerprint density at radius 1 is 1.50 bits per heavy atom. The standard InChI is InChI=1S/C12H11ClN4O2S/c1-7-8(2)20-12(15-7)16-14-6-9-3-4-10(13)11(5-9)17(18)19/h3-6H,1-2H3,(H,15,16)/b14-6+. The van der Waals surface area contributed by atoms with Gasteiger partial charge in [-0.15, -0.1) is 11.3 Å². The van der Waals surface area contributed by atoms with E-state index in [9.17, 15) is 10.1 Å². The van der Waals surface area contributed by atoms with Gasteiger partial charge in [0.25, 0.3) is 5.69 Å². The zero-order chi connectivity index (χ0) is 14.7. The molecule has 0 spiro atoms. The lowest BCUT2D eigenvalue weighted by atomic mass is 10.2. The summed E-state index contributed by atoms with van der Waals surface area (Å²) < 4.78 is 0. The first-order valence-electron chi connectivity index (χ1n) is 5.64. The summed E-state index contributed by atoms with van der Waals surface area (Å²) in [6, 6.07) is 4.49. The van der Waals surface area contributed by atoms with Crippen LogP contribution in [0.2, 0.25) is 5.02 Å². The van der Waals surface area contributed by atoms with Crippen LogP contribution in [-0.2, 0) is 0 Å². The highest BCUT2D eigenvalue weighted by molar-refractivity contribution is 7.15. The number of nitrogens with zero attached hydrogens (tertiary/aromatic N) is 3. The fourth-order valence-electron chi connectivity index (χ4n) is 1.43. The van der Waals surface area contributed by atoms with Gasteiger partial charge in [0.15, 0.2) is 0 Å². The molecule has 1 aromatic heterocycles. The Labute approximate surface area is 124 Å². The first kappa shape index (κ1) is 14.4. The minimum atomic E-state index is -0.527. The normalized spacial score (nSPS) is 10.9. The number of nitro benzene ring substituents is 1. The van der Waals surface area contributed by atoms with Gasteiger partial charge in [-0.25, -0.2) is 4.98 Å². The summed E-state index contributed by atoms with van der Waals surface area (Å²) in [5.41, 5.74) is 4.19. The van der Waals surface area contributed by atoms with E-state index in [1.807, 2.05) is 13.8 Å². The molecule has 0 saturated carbocycles. The SMILES string of the molecule is Cc1nc(N/N=C/c2ccc(Cl)c([N+](=O)[O-])c2)sc1C. The molecule has 0 bridgehead atoms. The van der Waals surface area contributed by atoms with Crippen LogP contribution >= 0.6 is 22.9 Å². The van der Waals surface area contributed by atoms with Gasteiger partial charge >= 0.3 is 0 Å². The van der Waals surface area contributed by atoms with Crippen molar-refractivity contribution in [1.29, 1.82) is 0 Å². The van der Waals surface area contributed by atoms with Crippen molar-refractivity contribution in [2.45, 2.75) is 13.8 Å². The Balaban J connectivity index is 2.11. The first-order chi connectivity index (χ1) is 9.47. The lowest BCUT2D eigenvalue weighted by molar-refractivity contribution is -0.384. The molecular formula is C12H11ClN4O2S. The average molecular weight is 311 g/mol. The average Bonchev–Trinajstić information content (AvgIpc) is 2.70. The summed E-state index contributed by atoms with van der Waals surface area (Å²) in [6.07, 6.45) is 1.48. The number of hydrogen-bond donors (Lipinski definition) is 1. The molecule has 1 N–H and O–H groups in total. The molecule has 2 aromatic rings. The molecule has 0 aliphatic rings. The van der Waals surface area contributed by atoms with E-state index in [1.165, 1.54) is 29.7 Å². The van der Waals surface area contributed by atoms with Gasteiger partial charge in [-0.05, 0) is 19.9 Å². The van der Waals surface area contributed by atoms with Crippen molar-refractivity contribution < 1.29 is 4.92 Å². The number of benzene rings is 1. The third kappa shape index (κ3) is 3.31. The zero-order valence-electron chi connectivity index (χ0n) is 10.8. The summed E-state index contributed by atoms with van der Waals surface area (Å²) in [5.74, 6) is 0. The van der Waals surface area contributed by atoms with Crippen LogP contribution < -0.4 is 5.43 Å². The Morgan fingerprint density at radius 2 is 2.25 bits per heavy atom. The molecule has 1 aromatic carbocycles. The minimum Gasteiger partial charge on any atom is -0.258 e. The number of aromatic nitrogens is 1. The molecule has 0 aliphatic heterocycles. The number of nitro groups is 1. The van der Waals surface area contributed by atoms with E-state index in [4.69, 9.17) is 11.6 Å². The topological polar surface area (TPSA) is 80.4 Å². The van der Waals surface area contributed by atoms with Crippen molar-refractivity contribution in [3.8, 4) is 0 Å². The molecule has 104 valence electrons. The third-order valence-corrected chi connectivity index (χ3v) is 3.87. The van der Waals surface area contributed by atoms with Crippen LogP contribution in [0.1, 0.15) is 16.1 Å². The largest absolute Gasteiger partial charge is 0.288 e. The van der Waals surface area contributed by atoms with Crippen molar-refractivity contribution in [3.05, 3.63) is 49.5 Å². The molecule has 0 saturated heterocycles. The number of anilines is 1. The summed E-state index contributed by atoms with van der Waals surface area (Å²) in [5, 5.41) is 15.5. The fourth-order valence-corrected chi connectivity index (χ4v) is 2.38. The first-order valence-corrected chi connectivity index (χ1v) is 6.84. The second-order valence-electron chi connectivity index (χ2n) is 4.00. The number of hydrazone groups is 1. The monoisotopic (exact) mass is 310 g/mol. The van der Waals surface area contributed by atoms with E-state index in [1.54, 1.807) is 6.07 Å². The Kier molecular flexibility index (Phi) is 4.31. The molecule has 2 rings (SSSR count). The van der Waals surface area contributed by atoms with Crippen molar-refractivity contribution in [2.75, 3.05) is 5.43 Å². The maximum absolute atomic E-state index is 10.8. The van der Waals surface area contributed by atoms with Crippen LogP contribution in [0.25, 0.3) is 0 Å². The fraction of sp³-hybridized carbons (Fsp3) is 0.167. The van der Waals surface area contributed by atoms with Crippen molar-refractivity contribution >= 4 is 40.0 Å². The summed E-state index contributed by atoms with van der Waals surface area (Å²) >= 11 is 7.23. The summed E-state index contributed by atoms with van der Waals surface area (Å²) in [6.45, 7) is 3.90. The van der Waals surface area contributed by atoms with Crippen LogP contribution in [0.4, 0.5) is 10.8 Å². The van der Waals surface area contributed by atoms with Gasteiger partial charge in [-0.2, -0.15) is 5.10 Å². The third-order valence-electron chi connectivity index (χ3n) is 2.57. The Bertz CT molecular complexity index is 665. The molecule has 0 fully saturated rings. The second-order valence-corrected chi connectivity index (χ2v) is 5.61. The maximum Gasteiger partial charge on any atom is 0.288 e. The van der Waals surface area contributed by atoms with Gasteiger partial charge < -0.3 is 0 Å². The van der Waals surface area contributed by atoms with Crippen molar-refractivity contribution in [2.24, 2.45) is 5.10 Å². The quantitative estimate of drug-likeness (QED) is 0.529. The van der Waals surface area contributed by atoms with Gasteiger partial charge in [0.05, 0.1) is 16.8 Å². The summed E-state index contributed by atoms with van der Waals surface area (Å²) in [4.78, 5) is 15.6. The van der Waals surface area contributed by atoms with Gasteiger partial charge in [-0.1, -0.05) is 17.7 Å². The summed E-state index contributed by atoms with van der Waals surface area (Å²) in [7, 11) is 0. The van der Waals surface area contributed by atoms with Crippen LogP contribution in [0.15, 0.2) is 23.3 Å². The number of nitrogens with one attached hydrogen (secondary N) is 1. The van der Waals surface area contributed by atoms with Crippen molar-refractivity contribution in [1.82, 2.24) is 4.98 Å². The lowest BCUT2D eigenvalue weighted by Gasteiger charge is -1.97. The predicted octanol–water partition coefficient (Wildman–Crippen LogP) is 3.77. The van der Waals surface area contributed by atoms with E-state index in [0.717, 1.165) is 10.6 Å². The van der Waals surface area contributed by atoms with Gasteiger partial charge in [0.1, 0.15) is 5.02 Å². The molecule has 0 amide bonds. The second kappa shape index (κ2) is 5.98. The molecule has 0 atom stereocenters. The van der Waals surface area contributed by atoms with E-state index in [0.29, 0.717) is 10.7 Å². The highest BCUT2D eigenvalue weighted by Crippen LogP contribution is 2.24. The lowest BCUT2D eigenvalue weighted by Crippen LogP contribution is -1.93. The molecule has 0 radical (unpaired) electrons. The molecule has 6 nitrogen and oxygen atoms in total. The zero-order valence-corrected chi connectivity index (χ0v) is 12.3. The van der Waals surface area contributed by atoms with Crippen LogP contribution in [0.3, 0.4) is 0 Å². The molecule has 20 heavy (non-hydrogen) atoms. The minimum absolute atomic E-state index is 0.103. The van der Waals surface area contributed by atoms with Gasteiger partial charge in [0, 0.05) is 16.5 Å². The van der Waals surface area contributed by atoms with E-state index in [2.05, 4.69) is 15.5 Å². The highest BCUT2D eigenvalue weighted by atomic mass is 35.5. The molecule has 0 aliphatic carbocycles. The van der Waals surface area contributed by atoms with E-state index < -0.39 is 4.92 Å². The molecular weight excluding hydrogens is 300 g/mol. The Morgan fingerprint density at radius 3 is 2.85 bits per heavy atom. The Hall–Kier alpha value is -1.99. The number of thiazole rings is 1. The number of halogens is 1. The van der Waals surface area contributed by atoms with Crippen LogP contribution in [0, 0.1) is 24.0 Å². The van der Waals surface area contributed by atoms with E-state index in [-0.39, 0.29) is 10.7 Å². The number of rotatable bonds is 4. The molecule has 1 heterocycles. The van der Waals surface area contributed by atoms with Crippen molar-refractivity contribution in [3.63, 3.8) is 0 Å². The predicted molar refractivity (Wildman–Crippen MR) is 80.9 cm³/mol. The number of hydrogen-bond acceptors (Lipinski definition) is 6. The van der Waals surface area contributed by atoms with Gasteiger partial charge in [-0.3, -0.25) is 15.5 Å². The maximum atomic E-state index is 10.8. The van der Waals surface area contributed by atoms with Gasteiger partial charge in [0.2, 0.25) is 5.13 Å².